The summed E-state index contributed by atoms with van der Waals surface area (Å²) in [5.74, 6) is 8.95. The highest BCUT2D eigenvalue weighted by atomic mass is 16.6. The first-order valence-electron chi connectivity index (χ1n) is 4.64. The van der Waals surface area contributed by atoms with Crippen LogP contribution in [0.4, 0.5) is 0 Å². The number of aromatic nitrogens is 1. The van der Waals surface area contributed by atoms with Crippen molar-refractivity contribution < 1.29 is 4.84 Å². The van der Waals surface area contributed by atoms with Gasteiger partial charge >= 0.3 is 0 Å². The van der Waals surface area contributed by atoms with E-state index in [1.165, 1.54) is 0 Å². The van der Waals surface area contributed by atoms with Gasteiger partial charge in [-0.2, -0.15) is 5.90 Å². The minimum atomic E-state index is 0.292. The number of aryl methyl sites for hydroxylation is 1. The highest BCUT2D eigenvalue weighted by molar-refractivity contribution is 5.38. The van der Waals surface area contributed by atoms with E-state index in [1.54, 1.807) is 12.3 Å². The van der Waals surface area contributed by atoms with Gasteiger partial charge in [-0.1, -0.05) is 0 Å². The molecule has 0 aromatic carbocycles. The smallest absolute Gasteiger partial charge is 0.153 e. The van der Waals surface area contributed by atoms with Crippen LogP contribution in [-0.4, -0.2) is 4.98 Å². The summed E-state index contributed by atoms with van der Waals surface area (Å²) >= 11 is 0. The fourth-order valence-corrected chi connectivity index (χ4v) is 1.86. The lowest BCUT2D eigenvalue weighted by atomic mass is 9.87. The molecule has 0 radical (unpaired) electrons. The molecule has 1 atom stereocenters. The molecular weight excluding hydrogens is 176 g/mol. The average molecular weight is 188 g/mol. The first-order chi connectivity index (χ1) is 6.85. The van der Waals surface area contributed by atoms with Crippen molar-refractivity contribution in [1.82, 2.24) is 4.98 Å². The maximum atomic E-state index is 5.41. The Labute approximate surface area is 83.2 Å². The van der Waals surface area contributed by atoms with Crippen LogP contribution in [0.3, 0.4) is 0 Å². The fourth-order valence-electron chi connectivity index (χ4n) is 1.86. The zero-order chi connectivity index (χ0) is 9.97. The molecule has 1 aliphatic carbocycles. The van der Waals surface area contributed by atoms with Gasteiger partial charge in [-0.3, -0.25) is 4.98 Å². The van der Waals surface area contributed by atoms with Crippen LogP contribution in [0.2, 0.25) is 0 Å². The molecule has 2 rings (SSSR count). The molecule has 2 N–H and O–H groups in total. The van der Waals surface area contributed by atoms with E-state index in [-0.39, 0.29) is 0 Å². The second-order valence-corrected chi connectivity index (χ2v) is 3.46. The fraction of sp³-hybridized carbons (Fsp3) is 0.364. The molecule has 1 aromatic heterocycles. The van der Waals surface area contributed by atoms with Crippen molar-refractivity contribution in [3.8, 4) is 18.1 Å². The Hall–Kier alpha value is -1.53. The predicted octanol–water partition coefficient (Wildman–Crippen LogP) is 1.07. The summed E-state index contributed by atoms with van der Waals surface area (Å²) in [6.45, 7) is 0. The van der Waals surface area contributed by atoms with Crippen molar-refractivity contribution in [2.75, 3.05) is 0 Å². The van der Waals surface area contributed by atoms with Crippen molar-refractivity contribution in [3.63, 3.8) is 0 Å². The summed E-state index contributed by atoms with van der Waals surface area (Å²) in [6, 6.07) is 1.78. The minimum Gasteiger partial charge on any atom is -0.411 e. The molecule has 0 spiro atoms. The third kappa shape index (κ3) is 1.45. The first kappa shape index (κ1) is 9.04. The van der Waals surface area contributed by atoms with E-state index < -0.39 is 0 Å². The Balaban J connectivity index is 2.38. The zero-order valence-corrected chi connectivity index (χ0v) is 7.86. The molecule has 0 amide bonds. The van der Waals surface area contributed by atoms with Gasteiger partial charge in [-0.15, -0.1) is 12.3 Å². The number of fused-ring (bicyclic) bond motifs is 1. The summed E-state index contributed by atoms with van der Waals surface area (Å²) in [5, 5.41) is 0. The maximum absolute atomic E-state index is 5.41. The lowest BCUT2D eigenvalue weighted by molar-refractivity contribution is 0.326. The summed E-state index contributed by atoms with van der Waals surface area (Å²) < 4.78 is 0. The molecule has 1 unspecified atom stereocenters. The molecular formula is C11H12N2O. The van der Waals surface area contributed by atoms with Crippen molar-refractivity contribution in [1.29, 1.82) is 0 Å². The maximum Gasteiger partial charge on any atom is 0.153 e. The number of hydrogen-bond donors (Lipinski definition) is 1. The van der Waals surface area contributed by atoms with Gasteiger partial charge in [0.15, 0.2) is 5.75 Å². The van der Waals surface area contributed by atoms with Crippen LogP contribution in [0.15, 0.2) is 12.3 Å². The molecule has 1 aromatic rings. The van der Waals surface area contributed by atoms with Crippen molar-refractivity contribution in [2.45, 2.75) is 19.3 Å². The normalized spacial score (nSPS) is 19.6. The van der Waals surface area contributed by atoms with Gasteiger partial charge in [0.05, 0.1) is 0 Å². The second kappa shape index (κ2) is 3.69. The molecule has 72 valence electrons. The third-order valence-corrected chi connectivity index (χ3v) is 2.64. The molecule has 14 heavy (non-hydrogen) atoms. The summed E-state index contributed by atoms with van der Waals surface area (Å²) in [6.07, 6.45) is 9.88. The highest BCUT2D eigenvalue weighted by Gasteiger charge is 2.21. The Bertz CT molecular complexity index is 367. The molecule has 3 nitrogen and oxygen atoms in total. The number of pyridine rings is 1. The molecule has 0 aliphatic heterocycles. The molecule has 1 aliphatic rings. The van der Waals surface area contributed by atoms with Gasteiger partial charge in [-0.25, -0.2) is 0 Å². The van der Waals surface area contributed by atoms with Crippen LogP contribution in [0.5, 0.6) is 5.75 Å². The lowest BCUT2D eigenvalue weighted by Gasteiger charge is -2.21. The van der Waals surface area contributed by atoms with E-state index >= 15 is 0 Å². The molecule has 0 saturated heterocycles. The highest BCUT2D eigenvalue weighted by Crippen LogP contribution is 2.29. The van der Waals surface area contributed by atoms with E-state index in [1.807, 2.05) is 0 Å². The average Bonchev–Trinajstić information content (AvgIpc) is 2.27. The largest absolute Gasteiger partial charge is 0.411 e. The van der Waals surface area contributed by atoms with Gasteiger partial charge in [0, 0.05) is 29.4 Å². The van der Waals surface area contributed by atoms with Crippen molar-refractivity contribution in [2.24, 2.45) is 11.8 Å². The number of terminal acetylenes is 1. The minimum absolute atomic E-state index is 0.292. The van der Waals surface area contributed by atoms with Crippen molar-refractivity contribution in [3.05, 3.63) is 23.5 Å². The molecule has 3 heteroatoms. The van der Waals surface area contributed by atoms with Gasteiger partial charge < -0.3 is 4.84 Å². The molecule has 0 saturated carbocycles. The molecule has 1 heterocycles. The Kier molecular flexibility index (Phi) is 2.38. The summed E-state index contributed by atoms with van der Waals surface area (Å²) in [7, 11) is 0. The van der Waals surface area contributed by atoms with Crippen LogP contribution < -0.4 is 10.7 Å². The summed E-state index contributed by atoms with van der Waals surface area (Å²) in [5.41, 5.74) is 2.14. The van der Waals surface area contributed by atoms with Crippen LogP contribution >= 0.6 is 0 Å². The number of hydrogen-bond acceptors (Lipinski definition) is 3. The second-order valence-electron chi connectivity index (χ2n) is 3.46. The predicted molar refractivity (Wildman–Crippen MR) is 53.4 cm³/mol. The monoisotopic (exact) mass is 188 g/mol. The van der Waals surface area contributed by atoms with Gasteiger partial charge in [0.25, 0.3) is 0 Å². The topological polar surface area (TPSA) is 48.1 Å². The zero-order valence-electron chi connectivity index (χ0n) is 7.86. The van der Waals surface area contributed by atoms with Gasteiger partial charge in [-0.05, 0) is 19.3 Å². The summed E-state index contributed by atoms with van der Waals surface area (Å²) in [4.78, 5) is 9.09. The van der Waals surface area contributed by atoms with E-state index in [0.29, 0.717) is 11.7 Å². The van der Waals surface area contributed by atoms with Gasteiger partial charge in [0.2, 0.25) is 0 Å². The van der Waals surface area contributed by atoms with E-state index in [9.17, 15) is 0 Å². The standard InChI is InChI=1S/C11H12N2O/c1-2-8-3-4-10-9(7-8)11(14-12)5-6-13-10/h1,5-6,8H,3-4,7,12H2. The van der Waals surface area contributed by atoms with Crippen LogP contribution in [-0.2, 0) is 12.8 Å². The Morgan fingerprint density at radius 1 is 1.64 bits per heavy atom. The van der Waals surface area contributed by atoms with E-state index in [4.69, 9.17) is 17.2 Å². The third-order valence-electron chi connectivity index (χ3n) is 2.64. The number of rotatable bonds is 1. The van der Waals surface area contributed by atoms with Gasteiger partial charge in [0.1, 0.15) is 0 Å². The number of nitrogens with zero attached hydrogens (tertiary/aromatic N) is 1. The molecule has 0 bridgehead atoms. The Morgan fingerprint density at radius 2 is 2.50 bits per heavy atom. The van der Waals surface area contributed by atoms with Crippen LogP contribution in [0, 0.1) is 18.3 Å². The number of nitrogens with two attached hydrogens (primary N) is 1. The molecule has 0 fully saturated rings. The SMILES string of the molecule is C#CC1CCc2nccc(ON)c2C1. The quantitative estimate of drug-likeness (QED) is 0.529. The van der Waals surface area contributed by atoms with E-state index in [0.717, 1.165) is 30.5 Å². The van der Waals surface area contributed by atoms with E-state index in [2.05, 4.69) is 10.9 Å². The van der Waals surface area contributed by atoms with Crippen LogP contribution in [0.25, 0.3) is 0 Å². The first-order valence-corrected chi connectivity index (χ1v) is 4.64. The lowest BCUT2D eigenvalue weighted by Crippen LogP contribution is -2.16. The Morgan fingerprint density at radius 3 is 3.21 bits per heavy atom. The van der Waals surface area contributed by atoms with Crippen LogP contribution in [0.1, 0.15) is 17.7 Å². The van der Waals surface area contributed by atoms with Crippen molar-refractivity contribution >= 4 is 0 Å².